The van der Waals surface area contributed by atoms with Crippen LogP contribution in [0.1, 0.15) is 16.7 Å². The van der Waals surface area contributed by atoms with Crippen LogP contribution >= 0.6 is 0 Å². The van der Waals surface area contributed by atoms with Crippen LogP contribution in [0.5, 0.6) is 0 Å². The van der Waals surface area contributed by atoms with E-state index in [-0.39, 0.29) is 23.4 Å². The summed E-state index contributed by atoms with van der Waals surface area (Å²) < 4.78 is 38.0. The number of amides is 1. The molecule has 1 aromatic carbocycles. The van der Waals surface area contributed by atoms with Crippen LogP contribution < -0.4 is 5.73 Å². The van der Waals surface area contributed by atoms with Crippen LogP contribution in [0.25, 0.3) is 0 Å². The largest absolute Gasteiger partial charge is 0.417 e. The summed E-state index contributed by atoms with van der Waals surface area (Å²) in [5.74, 6) is -0.886. The fourth-order valence-electron chi connectivity index (χ4n) is 1.68. The Bertz CT molecular complexity index is 491. The first kappa shape index (κ1) is 10.7. The molecule has 1 aliphatic rings. The van der Waals surface area contributed by atoms with E-state index in [4.69, 9.17) is 5.73 Å². The molecule has 0 saturated carbocycles. The second-order valence-electron chi connectivity index (χ2n) is 3.41. The number of fused-ring (bicyclic) bond motifs is 1. The molecule has 1 heterocycles. The molecule has 0 unspecified atom stereocenters. The minimum Gasteiger partial charge on any atom is -0.383 e. The number of aliphatic imine (C=N–C) groups is 1. The summed E-state index contributed by atoms with van der Waals surface area (Å²) in [5, 5.41) is 0. The number of halogens is 3. The number of nitrogens with zero attached hydrogens (tertiary/aromatic N) is 1. The van der Waals surface area contributed by atoms with Gasteiger partial charge >= 0.3 is 6.18 Å². The molecule has 0 bridgehead atoms. The number of amidine groups is 1. The topological polar surface area (TPSA) is 55.4 Å². The fraction of sp³-hybridized carbons (Fsp3) is 0.200. The molecule has 0 aliphatic carbocycles. The summed E-state index contributed by atoms with van der Waals surface area (Å²) in [5.41, 5.74) is 4.61. The van der Waals surface area contributed by atoms with Crippen molar-refractivity contribution in [1.82, 2.24) is 0 Å². The molecule has 6 heteroatoms. The third-order valence-corrected chi connectivity index (χ3v) is 2.30. The van der Waals surface area contributed by atoms with Crippen molar-refractivity contribution in [1.29, 1.82) is 0 Å². The molecule has 0 atom stereocenters. The summed E-state index contributed by atoms with van der Waals surface area (Å²) in [6.07, 6.45) is -4.63. The van der Waals surface area contributed by atoms with Crippen molar-refractivity contribution >= 4 is 11.7 Å². The average molecular weight is 228 g/mol. The molecule has 0 saturated heterocycles. The van der Waals surface area contributed by atoms with Gasteiger partial charge in [-0.1, -0.05) is 12.1 Å². The van der Waals surface area contributed by atoms with Gasteiger partial charge in [-0.05, 0) is 11.6 Å². The van der Waals surface area contributed by atoms with Crippen molar-refractivity contribution < 1.29 is 18.0 Å². The Balaban J connectivity index is 2.68. The van der Waals surface area contributed by atoms with Crippen LogP contribution in [0.3, 0.4) is 0 Å². The molecule has 0 spiro atoms. The first-order valence-corrected chi connectivity index (χ1v) is 4.46. The zero-order valence-electron chi connectivity index (χ0n) is 8.01. The highest BCUT2D eigenvalue weighted by molar-refractivity contribution is 6.09. The molecular weight excluding hydrogens is 221 g/mol. The number of hydrogen-bond donors (Lipinski definition) is 1. The first-order chi connectivity index (χ1) is 7.39. The van der Waals surface area contributed by atoms with E-state index in [1.54, 1.807) is 0 Å². The van der Waals surface area contributed by atoms with Crippen molar-refractivity contribution in [2.45, 2.75) is 12.6 Å². The van der Waals surface area contributed by atoms with Gasteiger partial charge in [0.15, 0.2) is 0 Å². The van der Waals surface area contributed by atoms with Gasteiger partial charge in [-0.25, -0.2) is 0 Å². The van der Waals surface area contributed by atoms with Gasteiger partial charge in [0, 0.05) is 5.56 Å². The van der Waals surface area contributed by atoms with Gasteiger partial charge < -0.3 is 5.73 Å². The molecule has 0 radical (unpaired) electrons. The molecule has 1 amide bonds. The van der Waals surface area contributed by atoms with Crippen LogP contribution in [-0.2, 0) is 17.4 Å². The minimum atomic E-state index is -4.49. The standard InChI is InChI=1S/C10H7F3N2O/c11-10(12,13)6-3-1-2-5-4-7(16)15-9(14)8(5)6/h1-3H,4H2,(H2,14,15,16). The van der Waals surface area contributed by atoms with E-state index in [0.29, 0.717) is 0 Å². The average Bonchev–Trinajstić information content (AvgIpc) is 2.14. The maximum absolute atomic E-state index is 12.7. The Morgan fingerprint density at radius 1 is 1.31 bits per heavy atom. The molecule has 3 nitrogen and oxygen atoms in total. The molecule has 16 heavy (non-hydrogen) atoms. The van der Waals surface area contributed by atoms with Crippen molar-refractivity contribution in [2.75, 3.05) is 0 Å². The molecule has 84 valence electrons. The zero-order valence-corrected chi connectivity index (χ0v) is 8.01. The van der Waals surface area contributed by atoms with Crippen molar-refractivity contribution in [3.8, 4) is 0 Å². The molecule has 0 fully saturated rings. The molecule has 1 aromatic rings. The maximum atomic E-state index is 12.7. The Hall–Kier alpha value is -1.85. The lowest BCUT2D eigenvalue weighted by molar-refractivity contribution is -0.138. The summed E-state index contributed by atoms with van der Waals surface area (Å²) in [6.45, 7) is 0. The number of carbonyl (C=O) groups is 1. The lowest BCUT2D eigenvalue weighted by atomic mass is 9.95. The predicted octanol–water partition coefficient (Wildman–Crippen LogP) is 1.49. The number of carbonyl (C=O) groups excluding carboxylic acids is 1. The third kappa shape index (κ3) is 1.66. The van der Waals surface area contributed by atoms with Gasteiger partial charge in [-0.15, -0.1) is 0 Å². The summed E-state index contributed by atoms with van der Waals surface area (Å²) in [6, 6.07) is 3.63. The smallest absolute Gasteiger partial charge is 0.383 e. The molecule has 0 aromatic heterocycles. The monoisotopic (exact) mass is 228 g/mol. The van der Waals surface area contributed by atoms with E-state index in [0.717, 1.165) is 6.07 Å². The Labute approximate surface area is 88.8 Å². The number of alkyl halides is 3. The second-order valence-corrected chi connectivity index (χ2v) is 3.41. The minimum absolute atomic E-state index is 0.139. The van der Waals surface area contributed by atoms with Crippen LogP contribution in [0.4, 0.5) is 13.2 Å². The second kappa shape index (κ2) is 3.33. The van der Waals surface area contributed by atoms with E-state index >= 15 is 0 Å². The van der Waals surface area contributed by atoms with Gasteiger partial charge in [0.25, 0.3) is 5.91 Å². The van der Waals surface area contributed by atoms with E-state index in [9.17, 15) is 18.0 Å². The molecule has 2 N–H and O–H groups in total. The lowest BCUT2D eigenvalue weighted by Gasteiger charge is -2.18. The van der Waals surface area contributed by atoms with Crippen molar-refractivity contribution in [2.24, 2.45) is 10.7 Å². The molecule has 1 aliphatic heterocycles. The van der Waals surface area contributed by atoms with E-state index in [1.165, 1.54) is 12.1 Å². The molecule has 2 rings (SSSR count). The zero-order chi connectivity index (χ0) is 11.9. The van der Waals surface area contributed by atoms with Gasteiger partial charge in [0.05, 0.1) is 12.0 Å². The van der Waals surface area contributed by atoms with Gasteiger partial charge in [0.1, 0.15) is 5.84 Å². The maximum Gasteiger partial charge on any atom is 0.417 e. The highest BCUT2D eigenvalue weighted by atomic mass is 19.4. The summed E-state index contributed by atoms with van der Waals surface area (Å²) in [7, 11) is 0. The van der Waals surface area contributed by atoms with Crippen molar-refractivity contribution in [3.63, 3.8) is 0 Å². The number of hydrogen-bond acceptors (Lipinski definition) is 2. The van der Waals surface area contributed by atoms with E-state index in [2.05, 4.69) is 4.99 Å². The van der Waals surface area contributed by atoms with Crippen LogP contribution in [0, 0.1) is 0 Å². The summed E-state index contributed by atoms with van der Waals surface area (Å²) >= 11 is 0. The summed E-state index contributed by atoms with van der Waals surface area (Å²) in [4.78, 5) is 14.4. The SMILES string of the molecule is NC1=NC(=O)Cc2cccc(C(F)(F)F)c21. The van der Waals surface area contributed by atoms with E-state index < -0.39 is 17.6 Å². The van der Waals surface area contributed by atoms with E-state index in [1.807, 2.05) is 0 Å². The lowest BCUT2D eigenvalue weighted by Crippen LogP contribution is -2.27. The third-order valence-electron chi connectivity index (χ3n) is 2.30. The number of rotatable bonds is 0. The first-order valence-electron chi connectivity index (χ1n) is 4.46. The van der Waals surface area contributed by atoms with Crippen LogP contribution in [-0.4, -0.2) is 11.7 Å². The highest BCUT2D eigenvalue weighted by Gasteiger charge is 2.36. The number of nitrogens with two attached hydrogens (primary N) is 1. The Kier molecular flexibility index (Phi) is 2.22. The fourth-order valence-corrected chi connectivity index (χ4v) is 1.68. The van der Waals surface area contributed by atoms with Crippen molar-refractivity contribution in [3.05, 3.63) is 34.9 Å². The highest BCUT2D eigenvalue weighted by Crippen LogP contribution is 2.34. The number of benzene rings is 1. The predicted molar refractivity (Wildman–Crippen MR) is 50.9 cm³/mol. The van der Waals surface area contributed by atoms with Crippen LogP contribution in [0.15, 0.2) is 23.2 Å². The normalized spacial score (nSPS) is 15.7. The van der Waals surface area contributed by atoms with Gasteiger partial charge in [-0.2, -0.15) is 18.2 Å². The van der Waals surface area contributed by atoms with Crippen LogP contribution in [0.2, 0.25) is 0 Å². The van der Waals surface area contributed by atoms with Gasteiger partial charge in [-0.3, -0.25) is 4.79 Å². The quantitative estimate of drug-likeness (QED) is 0.731. The molecular formula is C10H7F3N2O. The van der Waals surface area contributed by atoms with Gasteiger partial charge in [0.2, 0.25) is 0 Å². The Morgan fingerprint density at radius 3 is 2.62 bits per heavy atom. The Morgan fingerprint density at radius 2 is 2.00 bits per heavy atom.